The molecule has 1 heterocycles. The maximum absolute atomic E-state index is 5.44. The zero-order chi connectivity index (χ0) is 30.8. The molecule has 0 radical (unpaired) electrons. The van der Waals surface area contributed by atoms with Gasteiger partial charge in [-0.2, -0.15) is 0 Å². The fourth-order valence-electron chi connectivity index (χ4n) is 6.14. The number of pyridine rings is 1. The monoisotopic (exact) mass is 571 g/mol. The van der Waals surface area contributed by atoms with Crippen molar-refractivity contribution >= 4 is 33.6 Å². The Labute approximate surface area is 260 Å². The van der Waals surface area contributed by atoms with E-state index >= 15 is 0 Å². The van der Waals surface area contributed by atoms with Crippen LogP contribution in [0.5, 0.6) is 0 Å². The molecule has 0 fully saturated rings. The van der Waals surface area contributed by atoms with Crippen molar-refractivity contribution in [2.75, 3.05) is 0 Å². The van der Waals surface area contributed by atoms with Crippen molar-refractivity contribution < 1.29 is 0 Å². The van der Waals surface area contributed by atoms with E-state index in [1.54, 1.807) is 0 Å². The lowest BCUT2D eigenvalue weighted by Gasteiger charge is -2.16. The molecule has 5 aromatic carbocycles. The zero-order valence-electron chi connectivity index (χ0n) is 26.3. The molecule has 216 valence electrons. The Bertz CT molecular complexity index is 2010. The Hall–Kier alpha value is -5.15. The van der Waals surface area contributed by atoms with E-state index < -0.39 is 0 Å². The maximum Gasteiger partial charge on any atom is 0.0979 e. The first-order chi connectivity index (χ1) is 21.3. The lowest BCUT2D eigenvalue weighted by atomic mass is 9.97. The lowest BCUT2D eigenvalue weighted by Crippen LogP contribution is -2.13. The van der Waals surface area contributed by atoms with Crippen molar-refractivity contribution in [3.8, 4) is 0 Å². The average Bonchev–Trinajstić information content (AvgIpc) is 3.01. The zero-order valence-corrected chi connectivity index (χ0v) is 26.3. The third kappa shape index (κ3) is 5.87. The van der Waals surface area contributed by atoms with E-state index in [0.29, 0.717) is 0 Å². The summed E-state index contributed by atoms with van der Waals surface area (Å²) in [6.45, 7) is 12.8. The molecule has 0 saturated heterocycles. The van der Waals surface area contributed by atoms with Crippen molar-refractivity contribution in [2.24, 2.45) is 9.98 Å². The molecule has 1 aromatic heterocycles. The molecule has 3 nitrogen and oxygen atoms in total. The van der Waals surface area contributed by atoms with E-state index in [-0.39, 0.29) is 0 Å². The molecule has 0 bridgehead atoms. The standard InChI is InChI=1S/C41H37N3/c1-26-21-28(3)37(29(4)22-26)43-39(32-15-9-7-10-16-32)36-25-34-19-13-14-20-35(34)41(42-36)40(33-17-11-8-12-18-33)44-38-30(5)23-27(2)24-31(38)6/h7-25H,1-6H3. The molecule has 0 spiro atoms. The minimum atomic E-state index is 0.810. The number of rotatable bonds is 6. The van der Waals surface area contributed by atoms with E-state index in [4.69, 9.17) is 15.0 Å². The van der Waals surface area contributed by atoms with Crippen molar-refractivity contribution in [3.63, 3.8) is 0 Å². The van der Waals surface area contributed by atoms with Gasteiger partial charge in [-0.1, -0.05) is 120 Å². The molecule has 0 amide bonds. The van der Waals surface area contributed by atoms with Gasteiger partial charge in [0.15, 0.2) is 0 Å². The Balaban J connectivity index is 1.68. The molecular formula is C41H37N3. The number of aromatic nitrogens is 1. The molecule has 0 aliphatic rings. The predicted molar refractivity (Wildman–Crippen MR) is 187 cm³/mol. The Morgan fingerprint density at radius 3 is 1.43 bits per heavy atom. The topological polar surface area (TPSA) is 37.6 Å². The van der Waals surface area contributed by atoms with Gasteiger partial charge in [0.1, 0.15) is 0 Å². The van der Waals surface area contributed by atoms with E-state index in [9.17, 15) is 0 Å². The fraction of sp³-hybridized carbons (Fsp3) is 0.146. The minimum Gasteiger partial charge on any atom is -0.246 e. The summed E-state index contributed by atoms with van der Waals surface area (Å²) < 4.78 is 0. The Kier molecular flexibility index (Phi) is 8.04. The molecular weight excluding hydrogens is 534 g/mol. The summed E-state index contributed by atoms with van der Waals surface area (Å²) >= 11 is 0. The molecule has 44 heavy (non-hydrogen) atoms. The number of fused-ring (bicyclic) bond motifs is 1. The predicted octanol–water partition coefficient (Wildman–Crippen LogP) is 10.4. The van der Waals surface area contributed by atoms with Crippen LogP contribution in [0.25, 0.3) is 10.8 Å². The highest BCUT2D eigenvalue weighted by molar-refractivity contribution is 6.21. The highest BCUT2D eigenvalue weighted by Gasteiger charge is 2.19. The molecule has 3 heteroatoms. The van der Waals surface area contributed by atoms with Crippen LogP contribution in [0.1, 0.15) is 55.9 Å². The number of benzene rings is 5. The van der Waals surface area contributed by atoms with Crippen LogP contribution < -0.4 is 0 Å². The molecule has 6 aromatic rings. The number of hydrogen-bond acceptors (Lipinski definition) is 3. The molecule has 0 saturated carbocycles. The first-order valence-corrected chi connectivity index (χ1v) is 15.1. The molecule has 0 atom stereocenters. The number of nitrogens with zero attached hydrogens (tertiary/aromatic N) is 3. The summed E-state index contributed by atoms with van der Waals surface area (Å²) in [5.41, 5.74) is 14.4. The van der Waals surface area contributed by atoms with Gasteiger partial charge in [0, 0.05) is 16.5 Å². The maximum atomic E-state index is 5.44. The third-order valence-electron chi connectivity index (χ3n) is 8.02. The quantitative estimate of drug-likeness (QED) is 0.183. The molecule has 0 N–H and O–H groups in total. The van der Waals surface area contributed by atoms with Gasteiger partial charge >= 0.3 is 0 Å². The first-order valence-electron chi connectivity index (χ1n) is 15.1. The minimum absolute atomic E-state index is 0.810. The van der Waals surface area contributed by atoms with Crippen molar-refractivity contribution in [3.05, 3.63) is 171 Å². The fourth-order valence-corrected chi connectivity index (χ4v) is 6.14. The van der Waals surface area contributed by atoms with Gasteiger partial charge < -0.3 is 0 Å². The van der Waals surface area contributed by atoms with Crippen LogP contribution in [0, 0.1) is 41.5 Å². The Morgan fingerprint density at radius 2 is 0.909 bits per heavy atom. The Morgan fingerprint density at radius 1 is 0.477 bits per heavy atom. The van der Waals surface area contributed by atoms with E-state index in [0.717, 1.165) is 78.3 Å². The smallest absolute Gasteiger partial charge is 0.0979 e. The summed E-state index contributed by atoms with van der Waals surface area (Å²) in [6.07, 6.45) is 0. The van der Waals surface area contributed by atoms with Crippen LogP contribution in [-0.4, -0.2) is 16.4 Å². The van der Waals surface area contributed by atoms with Crippen LogP contribution in [0.2, 0.25) is 0 Å². The van der Waals surface area contributed by atoms with Gasteiger partial charge in [-0.25, -0.2) is 15.0 Å². The SMILES string of the molecule is Cc1cc(C)c(N=C(c2ccccc2)c2cc3ccccc3c(C(=Nc3c(C)cc(C)cc3C)c3ccccc3)n2)c(C)c1. The molecule has 0 aliphatic carbocycles. The van der Waals surface area contributed by atoms with Crippen molar-refractivity contribution in [1.82, 2.24) is 4.98 Å². The largest absolute Gasteiger partial charge is 0.246 e. The van der Waals surface area contributed by atoms with Crippen molar-refractivity contribution in [2.45, 2.75) is 41.5 Å². The third-order valence-corrected chi connectivity index (χ3v) is 8.02. The van der Waals surface area contributed by atoms with E-state index in [2.05, 4.69) is 145 Å². The summed E-state index contributed by atoms with van der Waals surface area (Å²) in [4.78, 5) is 16.2. The van der Waals surface area contributed by atoms with Crippen LogP contribution in [-0.2, 0) is 0 Å². The molecule has 0 unspecified atom stereocenters. The van der Waals surface area contributed by atoms with Gasteiger partial charge in [0.05, 0.1) is 34.2 Å². The highest BCUT2D eigenvalue weighted by atomic mass is 14.9. The van der Waals surface area contributed by atoms with Crippen molar-refractivity contribution in [1.29, 1.82) is 0 Å². The number of aliphatic imine (C=N–C) groups is 2. The second-order valence-corrected chi connectivity index (χ2v) is 11.7. The van der Waals surface area contributed by atoms with Crippen LogP contribution in [0.4, 0.5) is 11.4 Å². The van der Waals surface area contributed by atoms with Gasteiger partial charge in [-0.15, -0.1) is 0 Å². The van der Waals surface area contributed by atoms with Gasteiger partial charge in [-0.05, 0) is 75.2 Å². The average molecular weight is 572 g/mol. The summed E-state index contributed by atoms with van der Waals surface area (Å²) in [7, 11) is 0. The van der Waals surface area contributed by atoms with Gasteiger partial charge in [-0.3, -0.25) is 0 Å². The summed E-state index contributed by atoms with van der Waals surface area (Å²) in [6, 6.07) is 40.2. The van der Waals surface area contributed by atoms with Gasteiger partial charge in [0.2, 0.25) is 0 Å². The molecule has 6 rings (SSSR count). The number of hydrogen-bond donors (Lipinski definition) is 0. The second-order valence-electron chi connectivity index (χ2n) is 11.7. The normalized spacial score (nSPS) is 12.1. The lowest BCUT2D eigenvalue weighted by molar-refractivity contribution is 1.24. The van der Waals surface area contributed by atoms with Crippen LogP contribution in [0.15, 0.2) is 125 Å². The first kappa shape index (κ1) is 28.9. The highest BCUT2D eigenvalue weighted by Crippen LogP contribution is 2.31. The van der Waals surface area contributed by atoms with Gasteiger partial charge in [0.25, 0.3) is 0 Å². The van der Waals surface area contributed by atoms with Crippen LogP contribution >= 0.6 is 0 Å². The summed E-state index contributed by atoms with van der Waals surface area (Å²) in [5, 5.41) is 2.14. The van der Waals surface area contributed by atoms with Crippen LogP contribution in [0.3, 0.4) is 0 Å². The summed E-state index contributed by atoms with van der Waals surface area (Å²) in [5.74, 6) is 0. The molecule has 0 aliphatic heterocycles. The second kappa shape index (κ2) is 12.2. The van der Waals surface area contributed by atoms with E-state index in [1.165, 1.54) is 11.1 Å². The number of aryl methyl sites for hydroxylation is 6. The van der Waals surface area contributed by atoms with E-state index in [1.807, 2.05) is 12.1 Å².